The van der Waals surface area contributed by atoms with Crippen LogP contribution in [0.4, 0.5) is 0 Å². The summed E-state index contributed by atoms with van der Waals surface area (Å²) in [5.74, 6) is 0.749. The van der Waals surface area contributed by atoms with Crippen LogP contribution in [0.25, 0.3) is 0 Å². The van der Waals surface area contributed by atoms with Crippen molar-refractivity contribution in [3.63, 3.8) is 0 Å². The average molecular weight is 198 g/mol. The van der Waals surface area contributed by atoms with Gasteiger partial charge in [-0.2, -0.15) is 0 Å². The Balaban J connectivity index is 3.02. The van der Waals surface area contributed by atoms with Crippen molar-refractivity contribution >= 4 is 23.4 Å². The van der Waals surface area contributed by atoms with E-state index in [9.17, 15) is 0 Å². The van der Waals surface area contributed by atoms with Gasteiger partial charge in [0.1, 0.15) is 0 Å². The first kappa shape index (κ1) is 11.5. The highest BCUT2D eigenvalue weighted by Crippen LogP contribution is 2.02. The van der Waals surface area contributed by atoms with Crippen molar-refractivity contribution in [3.05, 3.63) is 0 Å². The zero-order chi connectivity index (χ0) is 8.53. The molecule has 68 valence electrons. The lowest BCUT2D eigenvalue weighted by atomic mass is 10.3. The van der Waals surface area contributed by atoms with Gasteiger partial charge < -0.3 is 0 Å². The average Bonchev–Trinajstić information content (AvgIpc) is 2.01. The predicted molar refractivity (Wildman–Crippen MR) is 52.3 cm³/mol. The minimum atomic E-state index is 0.749. The van der Waals surface area contributed by atoms with Gasteiger partial charge in [-0.25, -0.2) is 4.42 Å². The second-order valence-corrected chi connectivity index (χ2v) is 3.52. The zero-order valence-corrected chi connectivity index (χ0v) is 8.66. The molecule has 0 atom stereocenters. The predicted octanol–water partition coefficient (Wildman–Crippen LogP) is 3.26. The van der Waals surface area contributed by atoms with Crippen molar-refractivity contribution < 1.29 is 0 Å². The van der Waals surface area contributed by atoms with E-state index in [0.717, 1.165) is 31.8 Å². The van der Waals surface area contributed by atoms with Gasteiger partial charge in [-0.1, -0.05) is 13.3 Å². The molecule has 0 aliphatic rings. The first-order valence-electron chi connectivity index (χ1n) is 4.28. The van der Waals surface area contributed by atoms with Gasteiger partial charge in [-0.15, -0.1) is 11.6 Å². The van der Waals surface area contributed by atoms with Gasteiger partial charge in [0.25, 0.3) is 0 Å². The molecule has 0 aliphatic carbocycles. The fraction of sp³-hybridized carbons (Fsp3) is 1.00. The Morgan fingerprint density at radius 1 is 1.09 bits per heavy atom. The van der Waals surface area contributed by atoms with Crippen molar-refractivity contribution in [1.82, 2.24) is 4.42 Å². The number of hydrogen-bond donors (Lipinski definition) is 0. The molecule has 0 fully saturated rings. The summed E-state index contributed by atoms with van der Waals surface area (Å²) in [6.07, 6.45) is 4.57. The van der Waals surface area contributed by atoms with E-state index in [1.54, 1.807) is 0 Å². The number of hydrogen-bond acceptors (Lipinski definition) is 1. The lowest BCUT2D eigenvalue weighted by molar-refractivity contribution is 0.431. The van der Waals surface area contributed by atoms with Crippen LogP contribution in [-0.4, -0.2) is 23.4 Å². The SMILES string of the molecule is CCCCN(Cl)CCCCCl. The van der Waals surface area contributed by atoms with Crippen LogP contribution in [0.2, 0.25) is 0 Å². The van der Waals surface area contributed by atoms with E-state index in [-0.39, 0.29) is 0 Å². The Labute approximate surface area is 79.8 Å². The molecule has 0 aromatic rings. The largest absolute Gasteiger partial charge is 0.220 e. The summed E-state index contributed by atoms with van der Waals surface area (Å²) in [6.45, 7) is 4.14. The number of alkyl halides is 1. The van der Waals surface area contributed by atoms with Crippen molar-refractivity contribution in [2.75, 3.05) is 19.0 Å². The van der Waals surface area contributed by atoms with Crippen molar-refractivity contribution in [1.29, 1.82) is 0 Å². The molecule has 0 aromatic heterocycles. The van der Waals surface area contributed by atoms with Crippen LogP contribution >= 0.6 is 23.4 Å². The van der Waals surface area contributed by atoms with Gasteiger partial charge in [0.15, 0.2) is 0 Å². The van der Waals surface area contributed by atoms with E-state index in [2.05, 4.69) is 6.92 Å². The van der Waals surface area contributed by atoms with Crippen molar-refractivity contribution in [2.24, 2.45) is 0 Å². The maximum Gasteiger partial charge on any atom is 0.0223 e. The molecular weight excluding hydrogens is 181 g/mol. The quantitative estimate of drug-likeness (QED) is 0.344. The summed E-state index contributed by atoms with van der Waals surface area (Å²) >= 11 is 11.4. The molecule has 1 nitrogen and oxygen atoms in total. The smallest absolute Gasteiger partial charge is 0.0223 e. The standard InChI is InChI=1S/C8H17Cl2N/c1-2-3-7-11(10)8-5-4-6-9/h2-8H2,1H3. The normalized spacial score (nSPS) is 10.9. The van der Waals surface area contributed by atoms with Crippen LogP contribution in [0.3, 0.4) is 0 Å². The van der Waals surface area contributed by atoms with Crippen LogP contribution in [-0.2, 0) is 0 Å². The monoisotopic (exact) mass is 197 g/mol. The van der Waals surface area contributed by atoms with Crippen molar-refractivity contribution in [3.8, 4) is 0 Å². The summed E-state index contributed by atoms with van der Waals surface area (Å²) in [5, 5.41) is 0. The van der Waals surface area contributed by atoms with Gasteiger partial charge in [-0.05, 0) is 31.0 Å². The number of nitrogens with zero attached hydrogens (tertiary/aromatic N) is 1. The third kappa shape index (κ3) is 8.45. The number of rotatable bonds is 7. The van der Waals surface area contributed by atoms with E-state index in [1.807, 2.05) is 4.42 Å². The van der Waals surface area contributed by atoms with Gasteiger partial charge >= 0.3 is 0 Å². The van der Waals surface area contributed by atoms with Gasteiger partial charge in [0.2, 0.25) is 0 Å². The second-order valence-electron chi connectivity index (χ2n) is 2.66. The first-order valence-corrected chi connectivity index (χ1v) is 5.15. The molecule has 0 saturated heterocycles. The highest BCUT2D eigenvalue weighted by Gasteiger charge is 1.97. The fourth-order valence-electron chi connectivity index (χ4n) is 0.819. The molecule has 0 rings (SSSR count). The summed E-state index contributed by atoms with van der Waals surface area (Å²) in [7, 11) is 0. The summed E-state index contributed by atoms with van der Waals surface area (Å²) in [5.41, 5.74) is 0. The first-order chi connectivity index (χ1) is 5.31. The minimum absolute atomic E-state index is 0.749. The zero-order valence-electron chi connectivity index (χ0n) is 7.15. The Bertz CT molecular complexity index is 78.5. The van der Waals surface area contributed by atoms with Crippen LogP contribution in [0.15, 0.2) is 0 Å². The molecule has 0 heterocycles. The van der Waals surface area contributed by atoms with E-state index in [0.29, 0.717) is 0 Å². The van der Waals surface area contributed by atoms with Gasteiger partial charge in [0, 0.05) is 19.0 Å². The summed E-state index contributed by atoms with van der Waals surface area (Å²) < 4.78 is 1.86. The fourth-order valence-corrected chi connectivity index (χ4v) is 1.25. The molecule has 0 aromatic carbocycles. The molecule has 0 bridgehead atoms. The molecule has 0 spiro atoms. The van der Waals surface area contributed by atoms with Gasteiger partial charge in [-0.3, -0.25) is 0 Å². The molecular formula is C8H17Cl2N. The summed E-state index contributed by atoms with van der Waals surface area (Å²) in [6, 6.07) is 0. The Kier molecular flexibility index (Phi) is 9.06. The number of unbranched alkanes of at least 4 members (excludes halogenated alkanes) is 2. The lowest BCUT2D eigenvalue weighted by Crippen LogP contribution is -2.14. The second kappa shape index (κ2) is 8.63. The Morgan fingerprint density at radius 2 is 1.73 bits per heavy atom. The van der Waals surface area contributed by atoms with Crippen molar-refractivity contribution in [2.45, 2.75) is 32.6 Å². The molecule has 0 saturated carbocycles. The van der Waals surface area contributed by atoms with E-state index in [1.165, 1.54) is 12.8 Å². The van der Waals surface area contributed by atoms with Crippen LogP contribution in [0.5, 0.6) is 0 Å². The molecule has 3 heteroatoms. The topological polar surface area (TPSA) is 3.24 Å². The Hall–Kier alpha value is 0.540. The highest BCUT2D eigenvalue weighted by molar-refractivity contribution is 6.17. The molecule has 0 aliphatic heterocycles. The third-order valence-corrected chi connectivity index (χ3v) is 2.14. The summed E-state index contributed by atoms with van der Waals surface area (Å²) in [4.78, 5) is 0. The molecule has 0 unspecified atom stereocenters. The Morgan fingerprint density at radius 3 is 2.27 bits per heavy atom. The number of halogens is 2. The van der Waals surface area contributed by atoms with E-state index >= 15 is 0 Å². The molecule has 0 amide bonds. The highest BCUT2D eigenvalue weighted by atomic mass is 35.5. The van der Waals surface area contributed by atoms with E-state index < -0.39 is 0 Å². The lowest BCUT2D eigenvalue weighted by Gasteiger charge is -2.11. The van der Waals surface area contributed by atoms with Crippen LogP contribution in [0.1, 0.15) is 32.6 Å². The molecule has 0 N–H and O–H groups in total. The maximum atomic E-state index is 5.89. The molecule has 0 radical (unpaired) electrons. The van der Waals surface area contributed by atoms with Crippen LogP contribution < -0.4 is 0 Å². The maximum absolute atomic E-state index is 5.89. The minimum Gasteiger partial charge on any atom is -0.220 e. The van der Waals surface area contributed by atoms with Crippen LogP contribution in [0, 0.1) is 0 Å². The van der Waals surface area contributed by atoms with E-state index in [4.69, 9.17) is 23.4 Å². The third-order valence-electron chi connectivity index (χ3n) is 1.54. The molecule has 11 heavy (non-hydrogen) atoms. The van der Waals surface area contributed by atoms with Gasteiger partial charge in [0.05, 0.1) is 0 Å².